The molecule has 6 nitrogen and oxygen atoms in total. The van der Waals surface area contributed by atoms with Crippen LogP contribution in [0.4, 0.5) is 0 Å². The molecule has 0 heterocycles. The summed E-state index contributed by atoms with van der Waals surface area (Å²) in [5.74, 6) is 1.93. The Morgan fingerprint density at radius 1 is 1.11 bits per heavy atom. The minimum Gasteiger partial charge on any atom is -0.493 e. The van der Waals surface area contributed by atoms with E-state index in [-0.39, 0.29) is 0 Å². The number of hydrogen-bond acceptors (Lipinski definition) is 3. The molecule has 1 aliphatic carbocycles. The highest BCUT2D eigenvalue weighted by Gasteiger charge is 2.22. The smallest absolute Gasteiger partial charge is 0.248 e. The number of ether oxygens (including phenoxy) is 1. The maximum absolute atomic E-state index is 11.1. The zero-order chi connectivity index (χ0) is 19.1. The van der Waals surface area contributed by atoms with Crippen LogP contribution in [0.5, 0.6) is 5.75 Å². The molecule has 3 rings (SSSR count). The third kappa shape index (κ3) is 5.74. The number of guanidine groups is 1. The molecule has 6 heteroatoms. The van der Waals surface area contributed by atoms with E-state index in [1.54, 1.807) is 19.2 Å². The summed E-state index contributed by atoms with van der Waals surface area (Å²) in [5, 5.41) is 6.58. The van der Waals surface area contributed by atoms with Gasteiger partial charge < -0.3 is 21.1 Å². The monoisotopic (exact) mass is 366 g/mol. The number of hydrogen-bond donors (Lipinski definition) is 3. The van der Waals surface area contributed by atoms with Crippen molar-refractivity contribution >= 4 is 11.9 Å². The summed E-state index contributed by atoms with van der Waals surface area (Å²) in [6, 6.07) is 15.3. The molecule has 1 amide bonds. The maximum atomic E-state index is 11.1. The molecule has 1 saturated carbocycles. The number of amides is 1. The summed E-state index contributed by atoms with van der Waals surface area (Å²) in [7, 11) is 1.74. The number of aliphatic imine (C=N–C) groups is 1. The molecule has 0 bridgehead atoms. The first-order valence-corrected chi connectivity index (χ1v) is 9.19. The summed E-state index contributed by atoms with van der Waals surface area (Å²) in [5.41, 5.74) is 7.91. The van der Waals surface area contributed by atoms with Crippen molar-refractivity contribution in [2.75, 3.05) is 13.7 Å². The molecule has 0 saturated heterocycles. The molecule has 0 aromatic heterocycles. The van der Waals surface area contributed by atoms with Crippen LogP contribution in [0.3, 0.4) is 0 Å². The van der Waals surface area contributed by atoms with Crippen molar-refractivity contribution in [3.8, 4) is 5.75 Å². The van der Waals surface area contributed by atoms with Gasteiger partial charge in [-0.3, -0.25) is 9.79 Å². The minimum atomic E-state index is -0.422. The first kappa shape index (κ1) is 18.8. The van der Waals surface area contributed by atoms with Crippen molar-refractivity contribution in [3.05, 3.63) is 65.2 Å². The van der Waals surface area contributed by atoms with Gasteiger partial charge in [0.2, 0.25) is 5.91 Å². The summed E-state index contributed by atoms with van der Waals surface area (Å²) in [4.78, 5) is 15.4. The number of nitrogens with zero attached hydrogens (tertiary/aromatic N) is 1. The Labute approximate surface area is 159 Å². The zero-order valence-corrected chi connectivity index (χ0v) is 15.6. The van der Waals surface area contributed by atoms with E-state index in [9.17, 15) is 4.79 Å². The molecule has 2 aromatic rings. The van der Waals surface area contributed by atoms with E-state index in [1.165, 1.54) is 12.8 Å². The Bertz CT molecular complexity index is 798. The molecular weight excluding hydrogens is 340 g/mol. The lowest BCUT2D eigenvalue weighted by molar-refractivity contribution is 0.100. The van der Waals surface area contributed by atoms with Crippen LogP contribution in [0.2, 0.25) is 0 Å². The van der Waals surface area contributed by atoms with Gasteiger partial charge >= 0.3 is 0 Å². The van der Waals surface area contributed by atoms with Crippen LogP contribution in [0.1, 0.15) is 34.3 Å². The zero-order valence-electron chi connectivity index (χ0n) is 15.6. The van der Waals surface area contributed by atoms with Crippen molar-refractivity contribution in [2.24, 2.45) is 16.6 Å². The number of primary amides is 1. The van der Waals surface area contributed by atoms with Crippen LogP contribution in [-0.4, -0.2) is 25.5 Å². The second-order valence-electron chi connectivity index (χ2n) is 6.70. The molecular formula is C21H26N4O2. The lowest BCUT2D eigenvalue weighted by atomic mass is 10.1. The van der Waals surface area contributed by atoms with Gasteiger partial charge in [0.1, 0.15) is 5.75 Å². The van der Waals surface area contributed by atoms with Gasteiger partial charge in [-0.2, -0.15) is 0 Å². The van der Waals surface area contributed by atoms with Crippen LogP contribution >= 0.6 is 0 Å². The highest BCUT2D eigenvalue weighted by atomic mass is 16.5. The topological polar surface area (TPSA) is 88.7 Å². The average molecular weight is 366 g/mol. The van der Waals surface area contributed by atoms with Crippen LogP contribution in [0.15, 0.2) is 53.5 Å². The Kier molecular flexibility index (Phi) is 6.30. The van der Waals surface area contributed by atoms with Crippen LogP contribution < -0.4 is 21.1 Å². The van der Waals surface area contributed by atoms with E-state index >= 15 is 0 Å². The molecule has 0 aliphatic heterocycles. The van der Waals surface area contributed by atoms with Crippen molar-refractivity contribution in [1.29, 1.82) is 0 Å². The third-order valence-corrected chi connectivity index (χ3v) is 4.51. The van der Waals surface area contributed by atoms with Gasteiger partial charge in [-0.05, 0) is 42.5 Å². The fraction of sp³-hybridized carbons (Fsp3) is 0.333. The molecule has 0 radical (unpaired) electrons. The SMILES string of the molecule is CN=C(NCc1ccc(C(N)=O)cc1)NCc1ccccc1OCC1CC1. The number of para-hydroxylation sites is 1. The quantitative estimate of drug-likeness (QED) is 0.494. The second kappa shape index (κ2) is 9.07. The van der Waals surface area contributed by atoms with Crippen molar-refractivity contribution in [3.63, 3.8) is 0 Å². The fourth-order valence-electron chi connectivity index (χ4n) is 2.66. The maximum Gasteiger partial charge on any atom is 0.248 e. The van der Waals surface area contributed by atoms with E-state index in [2.05, 4.69) is 21.7 Å². The molecule has 4 N–H and O–H groups in total. The van der Waals surface area contributed by atoms with Gasteiger partial charge in [-0.25, -0.2) is 0 Å². The molecule has 27 heavy (non-hydrogen) atoms. The van der Waals surface area contributed by atoms with Crippen LogP contribution in [0, 0.1) is 5.92 Å². The number of carbonyl (C=O) groups excluding carboxylic acids is 1. The number of nitrogens with one attached hydrogen (secondary N) is 2. The van der Waals surface area contributed by atoms with Gasteiger partial charge in [0.05, 0.1) is 6.61 Å². The molecule has 0 atom stereocenters. The Morgan fingerprint density at radius 3 is 2.48 bits per heavy atom. The molecule has 142 valence electrons. The average Bonchev–Trinajstić information content (AvgIpc) is 3.52. The number of rotatable bonds is 8. The van der Waals surface area contributed by atoms with E-state index in [0.717, 1.165) is 29.4 Å². The Morgan fingerprint density at radius 2 is 1.81 bits per heavy atom. The Balaban J connectivity index is 1.51. The molecule has 1 aliphatic rings. The van der Waals surface area contributed by atoms with Gasteiger partial charge in [0, 0.05) is 31.3 Å². The number of benzene rings is 2. The predicted molar refractivity (Wildman–Crippen MR) is 107 cm³/mol. The standard InChI is InChI=1S/C21H26N4O2/c1-23-21(24-12-15-8-10-17(11-9-15)20(22)26)25-13-18-4-2-3-5-19(18)27-14-16-6-7-16/h2-5,8-11,16H,6-7,12-14H2,1H3,(H2,22,26)(H2,23,24,25). The van der Waals surface area contributed by atoms with E-state index < -0.39 is 5.91 Å². The minimum absolute atomic E-state index is 0.422. The van der Waals surface area contributed by atoms with Crippen molar-refractivity contribution < 1.29 is 9.53 Å². The number of carbonyl (C=O) groups is 1. The summed E-state index contributed by atoms with van der Waals surface area (Å²) < 4.78 is 5.95. The van der Waals surface area contributed by atoms with E-state index in [1.807, 2.05) is 30.3 Å². The van der Waals surface area contributed by atoms with Crippen molar-refractivity contribution in [1.82, 2.24) is 10.6 Å². The summed E-state index contributed by atoms with van der Waals surface area (Å²) >= 11 is 0. The van der Waals surface area contributed by atoms with E-state index in [4.69, 9.17) is 10.5 Å². The van der Waals surface area contributed by atoms with Crippen LogP contribution in [0.25, 0.3) is 0 Å². The predicted octanol–water partition coefficient (Wildman–Crippen LogP) is 2.44. The van der Waals surface area contributed by atoms with Gasteiger partial charge in [-0.15, -0.1) is 0 Å². The van der Waals surface area contributed by atoms with Crippen molar-refractivity contribution in [2.45, 2.75) is 25.9 Å². The molecule has 1 fully saturated rings. The number of nitrogens with two attached hydrogens (primary N) is 1. The lowest BCUT2D eigenvalue weighted by Gasteiger charge is -2.15. The van der Waals surface area contributed by atoms with Gasteiger partial charge in [-0.1, -0.05) is 30.3 Å². The van der Waals surface area contributed by atoms with Gasteiger partial charge in [0.15, 0.2) is 5.96 Å². The van der Waals surface area contributed by atoms with E-state index in [0.29, 0.717) is 24.6 Å². The molecule has 2 aromatic carbocycles. The van der Waals surface area contributed by atoms with Crippen LogP contribution in [-0.2, 0) is 13.1 Å². The largest absolute Gasteiger partial charge is 0.493 e. The second-order valence-corrected chi connectivity index (χ2v) is 6.70. The summed E-state index contributed by atoms with van der Waals surface area (Å²) in [6.07, 6.45) is 2.55. The third-order valence-electron chi connectivity index (χ3n) is 4.51. The molecule has 0 unspecified atom stereocenters. The fourth-order valence-corrected chi connectivity index (χ4v) is 2.66. The summed E-state index contributed by atoms with van der Waals surface area (Å²) in [6.45, 7) is 2.02. The Hall–Kier alpha value is -3.02. The van der Waals surface area contributed by atoms with Gasteiger partial charge in [0.25, 0.3) is 0 Å². The molecule has 0 spiro atoms. The first-order chi connectivity index (χ1) is 13.2. The first-order valence-electron chi connectivity index (χ1n) is 9.19. The normalized spacial score (nSPS) is 13.9. The highest BCUT2D eigenvalue weighted by Crippen LogP contribution is 2.30. The highest BCUT2D eigenvalue weighted by molar-refractivity contribution is 5.92. The lowest BCUT2D eigenvalue weighted by Crippen LogP contribution is -2.36.